The molecule has 0 aromatic carbocycles. The van der Waals surface area contributed by atoms with E-state index < -0.39 is 27.8 Å². The van der Waals surface area contributed by atoms with Crippen LogP contribution in [0.1, 0.15) is 19.3 Å². The lowest BCUT2D eigenvalue weighted by Gasteiger charge is -2.29. The van der Waals surface area contributed by atoms with Gasteiger partial charge in [0.05, 0.1) is 0 Å². The second-order valence-corrected chi connectivity index (χ2v) is 4.59. The summed E-state index contributed by atoms with van der Waals surface area (Å²) in [6.45, 7) is 0. The van der Waals surface area contributed by atoms with Gasteiger partial charge in [-0.2, -0.15) is 26.7 Å². The number of hydrogen-bond donors (Lipinski definition) is 1. The highest BCUT2D eigenvalue weighted by molar-refractivity contribution is 7.87. The number of aliphatic hydroxyl groups is 1. The lowest BCUT2D eigenvalue weighted by molar-refractivity contribution is -0.204. The van der Waals surface area contributed by atoms with Gasteiger partial charge in [-0.25, -0.2) is 0 Å². The van der Waals surface area contributed by atoms with E-state index in [-0.39, 0.29) is 24.3 Å². The molecule has 0 radical (unpaired) electrons. The molecule has 1 fully saturated rings. The molecule has 1 atom stereocenters. The highest BCUT2D eigenvalue weighted by atomic mass is 32.2. The van der Waals surface area contributed by atoms with Crippen LogP contribution in [0.2, 0.25) is 0 Å². The summed E-state index contributed by atoms with van der Waals surface area (Å²) in [5.41, 5.74) is -5.63. The van der Waals surface area contributed by atoms with Gasteiger partial charge in [0, 0.05) is 6.42 Å². The molecule has 0 saturated carbocycles. The minimum absolute atomic E-state index is 0.0425. The maximum absolute atomic E-state index is 11.9. The van der Waals surface area contributed by atoms with Gasteiger partial charge >= 0.3 is 15.6 Å². The molecular weight excluding hydrogens is 255 g/mol. The molecule has 1 saturated heterocycles. The Hall–Kier alpha value is -0.870. The van der Waals surface area contributed by atoms with Crippen LogP contribution in [0.25, 0.3) is 0 Å². The van der Waals surface area contributed by atoms with Crippen molar-refractivity contribution in [2.24, 2.45) is 0 Å². The minimum Gasteiger partial charge on any atom is -0.371 e. The number of rotatable bonds is 2. The number of carbonyl (C=O) groups is 1. The van der Waals surface area contributed by atoms with Gasteiger partial charge < -0.3 is 5.11 Å². The van der Waals surface area contributed by atoms with Crippen molar-refractivity contribution in [3.8, 4) is 0 Å². The summed E-state index contributed by atoms with van der Waals surface area (Å²) >= 11 is 0. The Morgan fingerprint density at radius 2 is 2.00 bits per heavy atom. The molecule has 6 nitrogen and oxygen atoms in total. The molecule has 1 heterocycles. The van der Waals surface area contributed by atoms with Gasteiger partial charge in [-0.05, 0) is 12.8 Å². The van der Waals surface area contributed by atoms with Crippen molar-refractivity contribution < 1.29 is 35.8 Å². The van der Waals surface area contributed by atoms with Crippen LogP contribution in [0.15, 0.2) is 0 Å². The molecule has 1 amide bonds. The van der Waals surface area contributed by atoms with Crippen LogP contribution in [0.4, 0.5) is 13.2 Å². The first-order valence-corrected chi connectivity index (χ1v) is 5.57. The number of alkyl halides is 3. The summed E-state index contributed by atoms with van der Waals surface area (Å²) in [6, 6.07) is 0. The fraction of sp³-hybridized carbons (Fsp3) is 0.833. The number of halogens is 3. The van der Waals surface area contributed by atoms with Crippen LogP contribution in [-0.2, 0) is 19.2 Å². The van der Waals surface area contributed by atoms with Crippen molar-refractivity contribution in [3.63, 3.8) is 0 Å². The highest BCUT2D eigenvalue weighted by Crippen LogP contribution is 2.28. The van der Waals surface area contributed by atoms with E-state index >= 15 is 0 Å². The van der Waals surface area contributed by atoms with Crippen molar-refractivity contribution in [1.82, 2.24) is 5.06 Å². The van der Waals surface area contributed by atoms with Gasteiger partial charge in [-0.15, -0.1) is 4.28 Å². The van der Waals surface area contributed by atoms with Crippen molar-refractivity contribution in [2.45, 2.75) is 31.0 Å². The van der Waals surface area contributed by atoms with Crippen LogP contribution in [0.5, 0.6) is 0 Å². The standard InChI is InChI=1S/C6H8F3NO5S/c7-6(8,9)16(13,14)15-10-4(11)2-1-3-5(10)12/h4,11H,1-3H2. The van der Waals surface area contributed by atoms with Crippen LogP contribution in [0.3, 0.4) is 0 Å². The van der Waals surface area contributed by atoms with Crippen molar-refractivity contribution in [1.29, 1.82) is 0 Å². The molecule has 0 aliphatic carbocycles. The SMILES string of the molecule is O=C1CCCC(O)N1OS(=O)(=O)C(F)(F)F. The quantitative estimate of drug-likeness (QED) is 0.714. The van der Waals surface area contributed by atoms with E-state index in [0.29, 0.717) is 0 Å². The molecule has 1 N–H and O–H groups in total. The van der Waals surface area contributed by atoms with Gasteiger partial charge in [0.2, 0.25) is 5.91 Å². The highest BCUT2D eigenvalue weighted by Gasteiger charge is 2.50. The Balaban J connectivity index is 2.84. The molecule has 1 aliphatic rings. The first kappa shape index (κ1) is 13.2. The van der Waals surface area contributed by atoms with Gasteiger partial charge in [-0.3, -0.25) is 4.79 Å². The van der Waals surface area contributed by atoms with E-state index in [4.69, 9.17) is 5.11 Å². The third-order valence-corrected chi connectivity index (χ3v) is 2.76. The number of piperidine rings is 1. The molecule has 1 aliphatic heterocycles. The Bertz CT molecular complexity index is 378. The smallest absolute Gasteiger partial charge is 0.371 e. The summed E-state index contributed by atoms with van der Waals surface area (Å²) in [4.78, 5) is 11.0. The Morgan fingerprint density at radius 1 is 1.44 bits per heavy atom. The lowest BCUT2D eigenvalue weighted by atomic mass is 10.1. The zero-order chi connectivity index (χ0) is 12.6. The molecular formula is C6H8F3NO5S. The zero-order valence-electron chi connectivity index (χ0n) is 7.77. The van der Waals surface area contributed by atoms with Crippen LogP contribution < -0.4 is 0 Å². The molecule has 0 aromatic rings. The van der Waals surface area contributed by atoms with Crippen molar-refractivity contribution in [2.75, 3.05) is 0 Å². The van der Waals surface area contributed by atoms with Crippen molar-refractivity contribution in [3.05, 3.63) is 0 Å². The molecule has 94 valence electrons. The average Bonchev–Trinajstić information content (AvgIpc) is 2.10. The summed E-state index contributed by atoms with van der Waals surface area (Å²) in [5.74, 6) is -1.01. The molecule has 0 bridgehead atoms. The Labute approximate surface area is 88.7 Å². The monoisotopic (exact) mass is 263 g/mol. The fourth-order valence-electron chi connectivity index (χ4n) is 1.07. The molecule has 10 heteroatoms. The lowest BCUT2D eigenvalue weighted by Crippen LogP contribution is -2.46. The number of hydroxylamine groups is 2. The maximum atomic E-state index is 11.9. The molecule has 1 rings (SSSR count). The first-order chi connectivity index (χ1) is 7.15. The summed E-state index contributed by atoms with van der Waals surface area (Å²) in [5, 5.41) is 8.96. The van der Waals surface area contributed by atoms with E-state index in [2.05, 4.69) is 4.28 Å². The van der Waals surface area contributed by atoms with Gasteiger partial charge in [0.1, 0.15) is 0 Å². The first-order valence-electron chi connectivity index (χ1n) is 4.16. The van der Waals surface area contributed by atoms with Gasteiger partial charge in [-0.1, -0.05) is 0 Å². The van der Waals surface area contributed by atoms with Crippen LogP contribution >= 0.6 is 0 Å². The van der Waals surface area contributed by atoms with Crippen LogP contribution in [-0.4, -0.2) is 36.2 Å². The van der Waals surface area contributed by atoms with Crippen LogP contribution in [0, 0.1) is 0 Å². The van der Waals surface area contributed by atoms with Gasteiger partial charge in [0.25, 0.3) is 0 Å². The summed E-state index contributed by atoms with van der Waals surface area (Å²) in [7, 11) is -5.92. The molecule has 1 unspecified atom stereocenters. The average molecular weight is 263 g/mol. The predicted octanol–water partition coefficient (Wildman–Crippen LogP) is 0.0985. The summed E-state index contributed by atoms with van der Waals surface area (Å²) in [6.07, 6.45) is -1.64. The molecule has 0 aromatic heterocycles. The molecule has 16 heavy (non-hydrogen) atoms. The second-order valence-electron chi connectivity index (χ2n) is 3.07. The number of carbonyl (C=O) groups excluding carboxylic acids is 1. The maximum Gasteiger partial charge on any atom is 0.525 e. The normalized spacial score (nSPS) is 23.6. The van der Waals surface area contributed by atoms with E-state index in [1.807, 2.05) is 0 Å². The molecule has 0 spiro atoms. The predicted molar refractivity (Wildman–Crippen MR) is 42.8 cm³/mol. The third-order valence-electron chi connectivity index (χ3n) is 1.83. The second kappa shape index (κ2) is 4.18. The largest absolute Gasteiger partial charge is 0.525 e. The third kappa shape index (κ3) is 2.62. The number of nitrogens with zero attached hydrogens (tertiary/aromatic N) is 1. The number of aliphatic hydroxyl groups excluding tert-OH is 1. The van der Waals surface area contributed by atoms with E-state index in [1.54, 1.807) is 0 Å². The van der Waals surface area contributed by atoms with E-state index in [1.165, 1.54) is 0 Å². The minimum atomic E-state index is -5.92. The Morgan fingerprint density at radius 3 is 2.44 bits per heavy atom. The number of hydrogen-bond acceptors (Lipinski definition) is 5. The topological polar surface area (TPSA) is 83.9 Å². The number of amides is 1. The fourth-order valence-corrected chi connectivity index (χ4v) is 1.55. The van der Waals surface area contributed by atoms with E-state index in [9.17, 15) is 26.4 Å². The van der Waals surface area contributed by atoms with Crippen molar-refractivity contribution >= 4 is 16.0 Å². The summed E-state index contributed by atoms with van der Waals surface area (Å²) < 4.78 is 60.4. The zero-order valence-corrected chi connectivity index (χ0v) is 8.58. The Kier molecular flexibility index (Phi) is 3.45. The van der Waals surface area contributed by atoms with E-state index in [0.717, 1.165) is 0 Å². The van der Waals surface area contributed by atoms with Gasteiger partial charge in [0.15, 0.2) is 6.23 Å².